The molecule has 100 valence electrons. The molecule has 0 aromatic heterocycles. The Bertz CT molecular complexity index is 255. The van der Waals surface area contributed by atoms with Crippen molar-refractivity contribution in [1.82, 2.24) is 10.6 Å². The molecule has 1 aliphatic heterocycles. The average Bonchev–Trinajstić information content (AvgIpc) is 2.78. The summed E-state index contributed by atoms with van der Waals surface area (Å²) in [5.74, 6) is -0.501. The summed E-state index contributed by atoms with van der Waals surface area (Å²) in [6.07, 6.45) is 3.61. The minimum atomic E-state index is -0.561. The quantitative estimate of drug-likeness (QED) is 0.715. The molecule has 2 unspecified atom stereocenters. The normalized spacial score (nSPS) is 20.2. The average molecular weight is 265 g/mol. The molecular weight excluding hydrogens is 244 g/mol. The van der Waals surface area contributed by atoms with E-state index in [4.69, 9.17) is 0 Å². The van der Waals surface area contributed by atoms with Crippen molar-refractivity contribution in [2.24, 2.45) is 0 Å². The maximum atomic E-state index is 11.5. The lowest BCUT2D eigenvalue weighted by Crippen LogP contribution is -2.39. The SMILES string of the molecule is COC(=O)C(C)NC(=O)CCC1CCCN1.Cl. The van der Waals surface area contributed by atoms with Gasteiger partial charge in [-0.25, -0.2) is 4.79 Å². The molecule has 1 fully saturated rings. The first-order chi connectivity index (χ1) is 7.63. The number of hydrogen-bond acceptors (Lipinski definition) is 4. The van der Waals surface area contributed by atoms with Crippen LogP contribution in [0.2, 0.25) is 0 Å². The van der Waals surface area contributed by atoms with Crippen LogP contribution in [0.15, 0.2) is 0 Å². The highest BCUT2D eigenvalue weighted by atomic mass is 35.5. The van der Waals surface area contributed by atoms with Gasteiger partial charge in [-0.3, -0.25) is 4.79 Å². The van der Waals surface area contributed by atoms with E-state index in [-0.39, 0.29) is 18.3 Å². The van der Waals surface area contributed by atoms with E-state index in [9.17, 15) is 9.59 Å². The molecule has 1 amide bonds. The van der Waals surface area contributed by atoms with Gasteiger partial charge < -0.3 is 15.4 Å². The van der Waals surface area contributed by atoms with E-state index < -0.39 is 12.0 Å². The highest BCUT2D eigenvalue weighted by Gasteiger charge is 2.18. The second-order valence-electron chi connectivity index (χ2n) is 4.14. The molecular formula is C11H21ClN2O3. The van der Waals surface area contributed by atoms with Crippen molar-refractivity contribution < 1.29 is 14.3 Å². The molecule has 1 aliphatic rings. The van der Waals surface area contributed by atoms with Crippen LogP contribution in [0.5, 0.6) is 0 Å². The minimum Gasteiger partial charge on any atom is -0.467 e. The van der Waals surface area contributed by atoms with Crippen LogP contribution in [0.1, 0.15) is 32.6 Å². The third kappa shape index (κ3) is 5.89. The molecule has 0 aromatic rings. The first kappa shape index (κ1) is 16.2. The maximum Gasteiger partial charge on any atom is 0.328 e. The van der Waals surface area contributed by atoms with Crippen LogP contribution < -0.4 is 10.6 Å². The van der Waals surface area contributed by atoms with Crippen LogP contribution >= 0.6 is 12.4 Å². The third-order valence-corrected chi connectivity index (χ3v) is 2.81. The first-order valence-corrected chi connectivity index (χ1v) is 5.74. The second kappa shape index (κ2) is 8.31. The first-order valence-electron chi connectivity index (χ1n) is 5.74. The molecule has 17 heavy (non-hydrogen) atoms. The van der Waals surface area contributed by atoms with Crippen LogP contribution in [0.3, 0.4) is 0 Å². The van der Waals surface area contributed by atoms with Gasteiger partial charge in [0.25, 0.3) is 0 Å². The van der Waals surface area contributed by atoms with Gasteiger partial charge in [0.15, 0.2) is 0 Å². The molecule has 1 heterocycles. The molecule has 0 bridgehead atoms. The summed E-state index contributed by atoms with van der Waals surface area (Å²) in [6.45, 7) is 2.67. The van der Waals surface area contributed by atoms with E-state index >= 15 is 0 Å². The Labute approximate surface area is 108 Å². The molecule has 5 nitrogen and oxygen atoms in total. The predicted octanol–water partition coefficient (Wildman–Crippen LogP) is 0.618. The predicted molar refractivity (Wildman–Crippen MR) is 67.1 cm³/mol. The van der Waals surface area contributed by atoms with Gasteiger partial charge in [0.05, 0.1) is 7.11 Å². The van der Waals surface area contributed by atoms with Crippen LogP contribution in [-0.4, -0.2) is 37.6 Å². The number of amides is 1. The molecule has 2 atom stereocenters. The van der Waals surface area contributed by atoms with Crippen LogP contribution in [-0.2, 0) is 14.3 Å². The van der Waals surface area contributed by atoms with Gasteiger partial charge in [-0.2, -0.15) is 0 Å². The monoisotopic (exact) mass is 264 g/mol. The standard InChI is InChI=1S/C11H20N2O3.ClH/c1-8(11(15)16-2)13-10(14)6-5-9-4-3-7-12-9;/h8-9,12H,3-7H2,1-2H3,(H,13,14);1H. The summed E-state index contributed by atoms with van der Waals surface area (Å²) >= 11 is 0. The Balaban J connectivity index is 0.00000256. The molecule has 6 heteroatoms. The van der Waals surface area contributed by atoms with Crippen molar-refractivity contribution in [3.8, 4) is 0 Å². The highest BCUT2D eigenvalue weighted by Crippen LogP contribution is 2.10. The molecule has 2 N–H and O–H groups in total. The fourth-order valence-electron chi connectivity index (χ4n) is 1.86. The van der Waals surface area contributed by atoms with Gasteiger partial charge >= 0.3 is 5.97 Å². The lowest BCUT2D eigenvalue weighted by molar-refractivity contribution is -0.144. The van der Waals surface area contributed by atoms with E-state index in [1.807, 2.05) is 0 Å². The highest BCUT2D eigenvalue weighted by molar-refractivity contribution is 5.85. The fourth-order valence-corrected chi connectivity index (χ4v) is 1.86. The van der Waals surface area contributed by atoms with Crippen LogP contribution in [0.25, 0.3) is 0 Å². The zero-order chi connectivity index (χ0) is 12.0. The number of rotatable bonds is 5. The topological polar surface area (TPSA) is 67.4 Å². The number of ether oxygens (including phenoxy) is 1. The Morgan fingerprint density at radius 1 is 1.53 bits per heavy atom. The summed E-state index contributed by atoms with van der Waals surface area (Å²) in [5, 5.41) is 5.94. The summed E-state index contributed by atoms with van der Waals surface area (Å²) in [6, 6.07) is -0.103. The van der Waals surface area contributed by atoms with E-state index in [1.165, 1.54) is 13.5 Å². The van der Waals surface area contributed by atoms with Crippen molar-refractivity contribution in [3.05, 3.63) is 0 Å². The molecule has 1 saturated heterocycles. The largest absolute Gasteiger partial charge is 0.467 e. The number of esters is 1. The fraction of sp³-hybridized carbons (Fsp3) is 0.818. The number of hydrogen-bond donors (Lipinski definition) is 2. The zero-order valence-electron chi connectivity index (χ0n) is 10.3. The van der Waals surface area contributed by atoms with Crippen molar-refractivity contribution in [2.75, 3.05) is 13.7 Å². The van der Waals surface area contributed by atoms with E-state index in [0.717, 1.165) is 19.4 Å². The minimum absolute atomic E-state index is 0. The van der Waals surface area contributed by atoms with Gasteiger partial charge in [0.1, 0.15) is 6.04 Å². The van der Waals surface area contributed by atoms with Gasteiger partial charge in [0.2, 0.25) is 5.91 Å². The molecule has 0 aliphatic carbocycles. The molecule has 0 spiro atoms. The Morgan fingerprint density at radius 2 is 2.24 bits per heavy atom. The molecule has 0 aromatic carbocycles. The summed E-state index contributed by atoms with van der Waals surface area (Å²) in [4.78, 5) is 22.5. The lowest BCUT2D eigenvalue weighted by atomic mass is 10.1. The summed E-state index contributed by atoms with van der Waals surface area (Å²) < 4.78 is 4.52. The molecule has 0 saturated carbocycles. The van der Waals surface area contributed by atoms with Gasteiger partial charge in [-0.05, 0) is 32.7 Å². The second-order valence-corrected chi connectivity index (χ2v) is 4.14. The maximum absolute atomic E-state index is 11.5. The van der Waals surface area contributed by atoms with Crippen LogP contribution in [0, 0.1) is 0 Å². The summed E-state index contributed by atoms with van der Waals surface area (Å²) in [5.41, 5.74) is 0. The Morgan fingerprint density at radius 3 is 2.76 bits per heavy atom. The number of methoxy groups -OCH3 is 1. The Hall–Kier alpha value is -0.810. The third-order valence-electron chi connectivity index (χ3n) is 2.81. The Kier molecular flexibility index (Phi) is 7.91. The van der Waals surface area contributed by atoms with Gasteiger partial charge in [-0.1, -0.05) is 0 Å². The van der Waals surface area contributed by atoms with Crippen molar-refractivity contribution in [1.29, 1.82) is 0 Å². The number of nitrogens with one attached hydrogen (secondary N) is 2. The molecule has 1 rings (SSSR count). The zero-order valence-corrected chi connectivity index (χ0v) is 11.1. The van der Waals surface area contributed by atoms with E-state index in [0.29, 0.717) is 12.5 Å². The van der Waals surface area contributed by atoms with Crippen molar-refractivity contribution in [2.45, 2.75) is 44.7 Å². The summed E-state index contributed by atoms with van der Waals surface area (Å²) in [7, 11) is 1.31. The smallest absolute Gasteiger partial charge is 0.328 e. The van der Waals surface area contributed by atoms with E-state index in [1.54, 1.807) is 6.92 Å². The van der Waals surface area contributed by atoms with Gasteiger partial charge in [0, 0.05) is 12.5 Å². The lowest BCUT2D eigenvalue weighted by Gasteiger charge is -2.13. The van der Waals surface area contributed by atoms with Gasteiger partial charge in [-0.15, -0.1) is 12.4 Å². The van der Waals surface area contributed by atoms with Crippen molar-refractivity contribution >= 4 is 24.3 Å². The van der Waals surface area contributed by atoms with Crippen molar-refractivity contribution in [3.63, 3.8) is 0 Å². The number of halogens is 1. The number of carbonyl (C=O) groups excluding carboxylic acids is 2. The molecule has 0 radical (unpaired) electrons. The van der Waals surface area contributed by atoms with E-state index in [2.05, 4.69) is 15.4 Å². The van der Waals surface area contributed by atoms with Crippen LogP contribution in [0.4, 0.5) is 0 Å². The number of carbonyl (C=O) groups is 2.